The molecule has 0 bridgehead atoms. The second-order valence-electron chi connectivity index (χ2n) is 5.04. The van der Waals surface area contributed by atoms with Gasteiger partial charge in [-0.05, 0) is 12.3 Å². The summed E-state index contributed by atoms with van der Waals surface area (Å²) in [5, 5.41) is 20.6. The summed E-state index contributed by atoms with van der Waals surface area (Å²) in [4.78, 5) is 21.3. The number of aliphatic carboxylic acids is 2. The van der Waals surface area contributed by atoms with E-state index in [2.05, 4.69) is 19.2 Å². The van der Waals surface area contributed by atoms with Gasteiger partial charge in [0.1, 0.15) is 0 Å². The molecular weight excluding hydrogens is 246 g/mol. The first-order valence-corrected chi connectivity index (χ1v) is 7.16. The van der Waals surface area contributed by atoms with Crippen molar-refractivity contribution in [3.8, 4) is 0 Å². The fourth-order valence-electron chi connectivity index (χ4n) is 2.22. The van der Waals surface area contributed by atoms with Crippen molar-refractivity contribution in [3.05, 3.63) is 0 Å². The van der Waals surface area contributed by atoms with Gasteiger partial charge in [-0.2, -0.15) is 0 Å². The van der Waals surface area contributed by atoms with Gasteiger partial charge in [-0.25, -0.2) is 0 Å². The Morgan fingerprint density at radius 2 is 1.84 bits per heavy atom. The molecule has 0 aliphatic carbocycles. The Morgan fingerprint density at radius 3 is 2.32 bits per heavy atom. The predicted octanol–water partition coefficient (Wildman–Crippen LogP) is 2.50. The van der Waals surface area contributed by atoms with E-state index in [0.29, 0.717) is 12.5 Å². The molecule has 0 radical (unpaired) electrons. The van der Waals surface area contributed by atoms with Crippen molar-refractivity contribution >= 4 is 11.9 Å². The standard InChI is InChI=1S/C14H27NO4/c1-3-5-6-11(4-2)9-12(10-14(18)19)15-8-7-13(16)17/h11-12,15H,3-10H2,1-2H3,(H,16,17)(H,18,19). The molecule has 2 atom stereocenters. The van der Waals surface area contributed by atoms with Crippen LogP contribution in [0.25, 0.3) is 0 Å². The fourth-order valence-corrected chi connectivity index (χ4v) is 2.22. The van der Waals surface area contributed by atoms with Crippen molar-refractivity contribution in [3.63, 3.8) is 0 Å². The molecule has 0 amide bonds. The molecule has 3 N–H and O–H groups in total. The molecule has 0 fully saturated rings. The van der Waals surface area contributed by atoms with Crippen LogP contribution in [-0.4, -0.2) is 34.7 Å². The molecular formula is C14H27NO4. The van der Waals surface area contributed by atoms with Crippen LogP contribution in [-0.2, 0) is 9.59 Å². The normalized spacial score (nSPS) is 14.0. The average molecular weight is 273 g/mol. The van der Waals surface area contributed by atoms with Crippen LogP contribution in [0.5, 0.6) is 0 Å². The van der Waals surface area contributed by atoms with Gasteiger partial charge in [0, 0.05) is 12.6 Å². The summed E-state index contributed by atoms with van der Waals surface area (Å²) in [7, 11) is 0. The van der Waals surface area contributed by atoms with Crippen LogP contribution in [0.3, 0.4) is 0 Å². The third kappa shape index (κ3) is 10.5. The molecule has 0 aromatic rings. The lowest BCUT2D eigenvalue weighted by atomic mass is 9.91. The quantitative estimate of drug-likeness (QED) is 0.508. The SMILES string of the molecule is CCCCC(CC)CC(CC(=O)O)NCCC(=O)O. The van der Waals surface area contributed by atoms with Gasteiger partial charge in [0.25, 0.3) is 0 Å². The first-order valence-electron chi connectivity index (χ1n) is 7.16. The maximum atomic E-state index is 10.8. The second kappa shape index (κ2) is 10.8. The number of carbonyl (C=O) groups is 2. The van der Waals surface area contributed by atoms with E-state index < -0.39 is 11.9 Å². The minimum absolute atomic E-state index is 0.0296. The monoisotopic (exact) mass is 273 g/mol. The molecule has 19 heavy (non-hydrogen) atoms. The third-order valence-electron chi connectivity index (χ3n) is 3.35. The molecule has 0 spiro atoms. The molecule has 0 aromatic carbocycles. The lowest BCUT2D eigenvalue weighted by Gasteiger charge is -2.22. The van der Waals surface area contributed by atoms with E-state index in [-0.39, 0.29) is 18.9 Å². The van der Waals surface area contributed by atoms with Crippen molar-refractivity contribution in [1.29, 1.82) is 0 Å². The van der Waals surface area contributed by atoms with Crippen molar-refractivity contribution in [1.82, 2.24) is 5.32 Å². The summed E-state index contributed by atoms with van der Waals surface area (Å²) in [6.45, 7) is 4.60. The summed E-state index contributed by atoms with van der Waals surface area (Å²) in [5.74, 6) is -1.18. The molecule has 0 heterocycles. The zero-order chi connectivity index (χ0) is 14.7. The van der Waals surface area contributed by atoms with Gasteiger partial charge in [-0.3, -0.25) is 9.59 Å². The van der Waals surface area contributed by atoms with Crippen molar-refractivity contribution in [2.24, 2.45) is 5.92 Å². The van der Waals surface area contributed by atoms with E-state index in [1.54, 1.807) is 0 Å². The van der Waals surface area contributed by atoms with Gasteiger partial charge in [0.2, 0.25) is 0 Å². The zero-order valence-corrected chi connectivity index (χ0v) is 12.0. The number of hydrogen-bond acceptors (Lipinski definition) is 3. The summed E-state index contributed by atoms with van der Waals surface area (Å²) >= 11 is 0. The summed E-state index contributed by atoms with van der Waals surface area (Å²) < 4.78 is 0. The number of nitrogens with one attached hydrogen (secondary N) is 1. The Kier molecular flexibility index (Phi) is 10.2. The highest BCUT2D eigenvalue weighted by Crippen LogP contribution is 2.19. The Morgan fingerprint density at radius 1 is 1.16 bits per heavy atom. The van der Waals surface area contributed by atoms with Crippen molar-refractivity contribution < 1.29 is 19.8 Å². The van der Waals surface area contributed by atoms with Gasteiger partial charge in [-0.1, -0.05) is 39.5 Å². The molecule has 0 aromatic heterocycles. The molecule has 112 valence electrons. The number of unbranched alkanes of at least 4 members (excludes halogenated alkanes) is 1. The van der Waals surface area contributed by atoms with E-state index in [1.165, 1.54) is 0 Å². The first-order chi connectivity index (χ1) is 8.99. The predicted molar refractivity (Wildman–Crippen MR) is 74.2 cm³/mol. The Balaban J connectivity index is 4.21. The maximum absolute atomic E-state index is 10.8. The Labute approximate surface area is 115 Å². The van der Waals surface area contributed by atoms with Crippen LogP contribution in [0, 0.1) is 5.92 Å². The fraction of sp³-hybridized carbons (Fsp3) is 0.857. The van der Waals surface area contributed by atoms with Gasteiger partial charge < -0.3 is 15.5 Å². The van der Waals surface area contributed by atoms with E-state index >= 15 is 0 Å². The molecule has 0 saturated carbocycles. The second-order valence-corrected chi connectivity index (χ2v) is 5.04. The number of rotatable bonds is 12. The van der Waals surface area contributed by atoms with Crippen molar-refractivity contribution in [2.45, 2.75) is 64.8 Å². The number of hydrogen-bond donors (Lipinski definition) is 3. The Hall–Kier alpha value is -1.10. The first kappa shape index (κ1) is 17.9. The van der Waals surface area contributed by atoms with Crippen LogP contribution in [0.4, 0.5) is 0 Å². The van der Waals surface area contributed by atoms with Crippen LogP contribution in [0.15, 0.2) is 0 Å². The Bertz CT molecular complexity index is 268. The highest BCUT2D eigenvalue weighted by Gasteiger charge is 2.17. The van der Waals surface area contributed by atoms with Gasteiger partial charge >= 0.3 is 11.9 Å². The summed E-state index contributed by atoms with van der Waals surface area (Å²) in [6, 6.07) is -0.126. The molecule has 2 unspecified atom stereocenters. The van der Waals surface area contributed by atoms with Gasteiger partial charge in [0.15, 0.2) is 0 Å². The van der Waals surface area contributed by atoms with Crippen molar-refractivity contribution in [2.75, 3.05) is 6.54 Å². The highest BCUT2D eigenvalue weighted by atomic mass is 16.4. The zero-order valence-electron chi connectivity index (χ0n) is 12.0. The van der Waals surface area contributed by atoms with E-state index in [0.717, 1.165) is 32.1 Å². The number of carboxylic acids is 2. The smallest absolute Gasteiger partial charge is 0.304 e. The number of carboxylic acid groups (broad SMARTS) is 2. The van der Waals surface area contributed by atoms with Gasteiger partial charge in [0.05, 0.1) is 12.8 Å². The maximum Gasteiger partial charge on any atom is 0.304 e. The topological polar surface area (TPSA) is 86.6 Å². The van der Waals surface area contributed by atoms with E-state index in [4.69, 9.17) is 10.2 Å². The molecule has 0 rings (SSSR count). The minimum atomic E-state index is -0.861. The summed E-state index contributed by atoms with van der Waals surface area (Å²) in [5.41, 5.74) is 0. The van der Waals surface area contributed by atoms with E-state index in [9.17, 15) is 9.59 Å². The van der Waals surface area contributed by atoms with Crippen LogP contribution >= 0.6 is 0 Å². The minimum Gasteiger partial charge on any atom is -0.481 e. The van der Waals surface area contributed by atoms with E-state index in [1.807, 2.05) is 0 Å². The van der Waals surface area contributed by atoms with Gasteiger partial charge in [-0.15, -0.1) is 0 Å². The molecule has 5 heteroatoms. The lowest BCUT2D eigenvalue weighted by Crippen LogP contribution is -2.34. The summed E-state index contributed by atoms with van der Waals surface area (Å²) in [6.07, 6.45) is 5.35. The third-order valence-corrected chi connectivity index (χ3v) is 3.35. The molecule has 0 saturated heterocycles. The molecule has 5 nitrogen and oxygen atoms in total. The molecule has 0 aliphatic heterocycles. The molecule has 0 aliphatic rings. The van der Waals surface area contributed by atoms with Crippen LogP contribution in [0.2, 0.25) is 0 Å². The average Bonchev–Trinajstić information content (AvgIpc) is 2.32. The lowest BCUT2D eigenvalue weighted by molar-refractivity contribution is -0.137. The largest absolute Gasteiger partial charge is 0.481 e. The highest BCUT2D eigenvalue weighted by molar-refractivity contribution is 5.68. The van der Waals surface area contributed by atoms with Crippen LogP contribution in [0.1, 0.15) is 58.8 Å². The van der Waals surface area contributed by atoms with Crippen LogP contribution < -0.4 is 5.32 Å².